The number of ether oxygens (including phenoxy) is 1. The van der Waals surface area contributed by atoms with E-state index in [1.165, 1.54) is 36.4 Å². The highest BCUT2D eigenvalue weighted by molar-refractivity contribution is 7.91. The van der Waals surface area contributed by atoms with Crippen LogP contribution in [0.15, 0.2) is 75.0 Å². The van der Waals surface area contributed by atoms with E-state index in [2.05, 4.69) is 10.5 Å². The predicted molar refractivity (Wildman–Crippen MR) is 93.7 cm³/mol. The van der Waals surface area contributed by atoms with E-state index in [0.717, 1.165) is 0 Å². The van der Waals surface area contributed by atoms with Gasteiger partial charge in [0.25, 0.3) is 5.91 Å². The third kappa shape index (κ3) is 4.09. The number of anilines is 1. The Labute approximate surface area is 150 Å². The highest BCUT2D eigenvalue weighted by atomic mass is 32.2. The lowest BCUT2D eigenvalue weighted by atomic mass is 10.3. The van der Waals surface area contributed by atoms with Crippen molar-refractivity contribution in [1.82, 2.24) is 5.16 Å². The van der Waals surface area contributed by atoms with Crippen LogP contribution in [0.25, 0.3) is 0 Å². The number of sulfone groups is 1. The molecule has 7 nitrogen and oxygen atoms in total. The van der Waals surface area contributed by atoms with Crippen LogP contribution in [0.2, 0.25) is 0 Å². The monoisotopic (exact) mass is 372 g/mol. The van der Waals surface area contributed by atoms with Crippen LogP contribution in [0.3, 0.4) is 0 Å². The van der Waals surface area contributed by atoms with Gasteiger partial charge in [-0.2, -0.15) is 0 Å². The second-order valence-corrected chi connectivity index (χ2v) is 7.40. The predicted octanol–water partition coefficient (Wildman–Crippen LogP) is 2.83. The van der Waals surface area contributed by atoms with Crippen molar-refractivity contribution >= 4 is 21.6 Å². The molecule has 0 radical (unpaired) electrons. The number of nitrogens with one attached hydrogen (secondary N) is 1. The average Bonchev–Trinajstić information content (AvgIpc) is 3.06. The molecule has 2 aromatic carbocycles. The molecule has 0 unspecified atom stereocenters. The number of aryl methyl sites for hydroxylation is 1. The normalized spacial score (nSPS) is 11.1. The van der Waals surface area contributed by atoms with Gasteiger partial charge >= 0.3 is 0 Å². The van der Waals surface area contributed by atoms with Crippen molar-refractivity contribution in [2.75, 3.05) is 11.9 Å². The van der Waals surface area contributed by atoms with Crippen LogP contribution < -0.4 is 10.1 Å². The molecule has 1 amide bonds. The van der Waals surface area contributed by atoms with E-state index in [1.54, 1.807) is 31.2 Å². The van der Waals surface area contributed by atoms with Crippen molar-refractivity contribution in [3.63, 3.8) is 0 Å². The van der Waals surface area contributed by atoms with Gasteiger partial charge in [-0.3, -0.25) is 4.79 Å². The zero-order chi connectivity index (χ0) is 18.6. The van der Waals surface area contributed by atoms with Gasteiger partial charge in [-0.05, 0) is 43.3 Å². The van der Waals surface area contributed by atoms with Gasteiger partial charge in [0, 0.05) is 6.07 Å². The van der Waals surface area contributed by atoms with Crippen molar-refractivity contribution in [1.29, 1.82) is 0 Å². The van der Waals surface area contributed by atoms with Crippen LogP contribution in [0.5, 0.6) is 5.75 Å². The Morgan fingerprint density at radius 2 is 1.73 bits per heavy atom. The van der Waals surface area contributed by atoms with Crippen LogP contribution in [-0.4, -0.2) is 26.1 Å². The van der Waals surface area contributed by atoms with Gasteiger partial charge in [0.05, 0.1) is 9.79 Å². The molecule has 0 aliphatic rings. The van der Waals surface area contributed by atoms with Gasteiger partial charge in [0.1, 0.15) is 11.5 Å². The van der Waals surface area contributed by atoms with Crippen LogP contribution in [0.4, 0.5) is 5.82 Å². The molecule has 0 bridgehead atoms. The van der Waals surface area contributed by atoms with Gasteiger partial charge in [-0.25, -0.2) is 8.42 Å². The molecule has 0 saturated carbocycles. The number of amides is 1. The fourth-order valence-electron chi connectivity index (χ4n) is 2.20. The van der Waals surface area contributed by atoms with Crippen LogP contribution in [0.1, 0.15) is 5.76 Å². The van der Waals surface area contributed by atoms with Gasteiger partial charge in [0.15, 0.2) is 12.4 Å². The van der Waals surface area contributed by atoms with E-state index in [1.807, 2.05) is 0 Å². The van der Waals surface area contributed by atoms with E-state index in [-0.39, 0.29) is 16.4 Å². The van der Waals surface area contributed by atoms with Crippen LogP contribution in [0, 0.1) is 6.92 Å². The minimum Gasteiger partial charge on any atom is -0.484 e. The molecule has 3 aromatic rings. The topological polar surface area (TPSA) is 98.5 Å². The van der Waals surface area contributed by atoms with E-state index >= 15 is 0 Å². The number of rotatable bonds is 6. The number of carbonyl (C=O) groups is 1. The maximum Gasteiger partial charge on any atom is 0.263 e. The molecule has 26 heavy (non-hydrogen) atoms. The van der Waals surface area contributed by atoms with Crippen LogP contribution in [-0.2, 0) is 14.6 Å². The molecule has 0 aliphatic heterocycles. The number of carbonyl (C=O) groups excluding carboxylic acids is 1. The lowest BCUT2D eigenvalue weighted by Gasteiger charge is -2.08. The second kappa shape index (κ2) is 7.40. The Morgan fingerprint density at radius 1 is 1.08 bits per heavy atom. The molecule has 0 spiro atoms. The SMILES string of the molecule is Cc1cc(NC(=O)COc2ccc(S(=O)(=O)c3ccccc3)cc2)no1. The zero-order valence-electron chi connectivity index (χ0n) is 13.9. The van der Waals surface area contributed by atoms with Crippen molar-refractivity contribution in [2.24, 2.45) is 0 Å². The maximum absolute atomic E-state index is 12.5. The van der Waals surface area contributed by atoms with E-state index in [4.69, 9.17) is 9.26 Å². The summed E-state index contributed by atoms with van der Waals surface area (Å²) in [6, 6.07) is 15.6. The molecular formula is C18H16N2O5S. The molecule has 0 fully saturated rings. The van der Waals surface area contributed by atoms with Gasteiger partial charge in [0.2, 0.25) is 9.84 Å². The quantitative estimate of drug-likeness (QED) is 0.714. The van der Waals surface area contributed by atoms with Crippen molar-refractivity contribution in [2.45, 2.75) is 16.7 Å². The second-order valence-electron chi connectivity index (χ2n) is 5.45. The van der Waals surface area contributed by atoms with Crippen molar-refractivity contribution in [3.05, 3.63) is 66.4 Å². The molecule has 3 rings (SSSR count). The van der Waals surface area contributed by atoms with Crippen molar-refractivity contribution in [3.8, 4) is 5.75 Å². The summed E-state index contributed by atoms with van der Waals surface area (Å²) in [5.74, 6) is 0.861. The minimum atomic E-state index is -3.58. The number of nitrogens with zero attached hydrogens (tertiary/aromatic N) is 1. The van der Waals surface area contributed by atoms with Gasteiger partial charge < -0.3 is 14.6 Å². The summed E-state index contributed by atoms with van der Waals surface area (Å²) >= 11 is 0. The zero-order valence-corrected chi connectivity index (χ0v) is 14.7. The molecule has 8 heteroatoms. The summed E-state index contributed by atoms with van der Waals surface area (Å²) in [4.78, 5) is 12.2. The fraction of sp³-hybridized carbons (Fsp3) is 0.111. The smallest absolute Gasteiger partial charge is 0.263 e. The maximum atomic E-state index is 12.5. The summed E-state index contributed by atoms with van der Waals surface area (Å²) in [5.41, 5.74) is 0. The molecule has 0 atom stereocenters. The first-order valence-corrected chi connectivity index (χ1v) is 9.19. The third-order valence-electron chi connectivity index (χ3n) is 3.45. The number of benzene rings is 2. The van der Waals surface area contributed by atoms with E-state index in [9.17, 15) is 13.2 Å². The number of aromatic nitrogens is 1. The summed E-state index contributed by atoms with van der Waals surface area (Å²) < 4.78 is 35.2. The van der Waals surface area contributed by atoms with E-state index in [0.29, 0.717) is 17.3 Å². The minimum absolute atomic E-state index is 0.151. The highest BCUT2D eigenvalue weighted by Gasteiger charge is 2.17. The standard InChI is InChI=1S/C18H16N2O5S/c1-13-11-17(20-25-13)19-18(21)12-24-14-7-9-16(10-8-14)26(22,23)15-5-3-2-4-6-15/h2-11H,12H2,1H3,(H,19,20,21). The molecule has 134 valence electrons. The highest BCUT2D eigenvalue weighted by Crippen LogP contribution is 2.22. The first-order valence-electron chi connectivity index (χ1n) is 7.71. The summed E-state index contributed by atoms with van der Waals surface area (Å²) in [7, 11) is -3.58. The van der Waals surface area contributed by atoms with Crippen LogP contribution >= 0.6 is 0 Å². The summed E-state index contributed by atoms with van der Waals surface area (Å²) in [6.45, 7) is 1.47. The third-order valence-corrected chi connectivity index (χ3v) is 5.24. The van der Waals surface area contributed by atoms with Crippen molar-refractivity contribution < 1.29 is 22.5 Å². The van der Waals surface area contributed by atoms with Gasteiger partial charge in [-0.15, -0.1) is 0 Å². The Morgan fingerprint density at radius 3 is 2.35 bits per heavy atom. The average molecular weight is 372 g/mol. The Balaban J connectivity index is 1.62. The summed E-state index contributed by atoms with van der Waals surface area (Å²) in [6.07, 6.45) is 0. The van der Waals surface area contributed by atoms with E-state index < -0.39 is 15.7 Å². The molecule has 1 N–H and O–H groups in total. The summed E-state index contributed by atoms with van der Waals surface area (Å²) in [5, 5.41) is 6.17. The molecule has 0 aliphatic carbocycles. The molecule has 1 heterocycles. The molecular weight excluding hydrogens is 356 g/mol. The molecule has 0 saturated heterocycles. The largest absolute Gasteiger partial charge is 0.484 e. The first kappa shape index (κ1) is 17.7. The lowest BCUT2D eigenvalue weighted by molar-refractivity contribution is -0.118. The molecule has 1 aromatic heterocycles. The number of hydrogen-bond donors (Lipinski definition) is 1. The first-order chi connectivity index (χ1) is 12.4. The Bertz CT molecular complexity index is 996. The fourth-order valence-corrected chi connectivity index (χ4v) is 3.49. The Kier molecular flexibility index (Phi) is 5.04. The Hall–Kier alpha value is -3.13. The lowest BCUT2D eigenvalue weighted by Crippen LogP contribution is -2.20. The number of hydrogen-bond acceptors (Lipinski definition) is 6. The van der Waals surface area contributed by atoms with Gasteiger partial charge in [-0.1, -0.05) is 23.4 Å².